The Labute approximate surface area is 176 Å². The molecule has 1 heterocycles. The van der Waals surface area contributed by atoms with Crippen molar-refractivity contribution in [1.82, 2.24) is 0 Å². The smallest absolute Gasteiger partial charge is 0.238 e. The summed E-state index contributed by atoms with van der Waals surface area (Å²) in [6, 6.07) is 11.4. The van der Waals surface area contributed by atoms with Gasteiger partial charge in [0.15, 0.2) is 11.5 Å². The van der Waals surface area contributed by atoms with Gasteiger partial charge >= 0.3 is 0 Å². The zero-order valence-electron chi connectivity index (χ0n) is 14.5. The van der Waals surface area contributed by atoms with Gasteiger partial charge in [0, 0.05) is 10.7 Å². The molecule has 2 aromatic rings. The molecule has 0 aliphatic carbocycles. The van der Waals surface area contributed by atoms with Crippen molar-refractivity contribution >= 4 is 57.5 Å². The highest BCUT2D eigenvalue weighted by Crippen LogP contribution is 2.45. The molecule has 1 saturated heterocycles. The molecule has 0 spiro atoms. The lowest BCUT2D eigenvalue weighted by atomic mass is 10.1. The first-order valence-electron chi connectivity index (χ1n) is 8.24. The van der Waals surface area contributed by atoms with Gasteiger partial charge in [0.05, 0.1) is 23.0 Å². The average molecular weight is 504 g/mol. The lowest BCUT2D eigenvalue weighted by Gasteiger charge is -2.25. The fourth-order valence-corrected chi connectivity index (χ4v) is 4.84. The van der Waals surface area contributed by atoms with E-state index in [4.69, 9.17) is 21.1 Å². The number of halogens is 2. The maximum atomic E-state index is 12.5. The molecule has 138 valence electrons. The Morgan fingerprint density at radius 1 is 1.31 bits per heavy atom. The minimum absolute atomic E-state index is 0.0857. The first-order chi connectivity index (χ1) is 12.5. The molecule has 0 aromatic heterocycles. The van der Waals surface area contributed by atoms with Crippen LogP contribution in [0.25, 0.3) is 0 Å². The molecule has 7 heteroatoms. The second-order valence-corrected chi connectivity index (χ2v) is 8.45. The summed E-state index contributed by atoms with van der Waals surface area (Å²) in [5.41, 5.74) is 1.86. The molecule has 4 nitrogen and oxygen atoms in total. The second-order valence-electron chi connectivity index (χ2n) is 5.79. The SMILES string of the molecule is CCCOc1c(I)cc([C@H]2SCC(=O)N2c2ccc(Cl)cc2)cc1OC. The number of methoxy groups -OCH3 is 1. The molecule has 0 radical (unpaired) electrons. The van der Waals surface area contributed by atoms with E-state index in [2.05, 4.69) is 35.6 Å². The zero-order chi connectivity index (χ0) is 18.7. The summed E-state index contributed by atoms with van der Waals surface area (Å²) in [5, 5.41) is 0.546. The third kappa shape index (κ3) is 4.07. The van der Waals surface area contributed by atoms with E-state index < -0.39 is 0 Å². The van der Waals surface area contributed by atoms with E-state index in [9.17, 15) is 4.79 Å². The van der Waals surface area contributed by atoms with Crippen LogP contribution in [0.15, 0.2) is 36.4 Å². The largest absolute Gasteiger partial charge is 0.493 e. The maximum Gasteiger partial charge on any atom is 0.238 e. The van der Waals surface area contributed by atoms with Crippen LogP contribution in [-0.2, 0) is 4.79 Å². The average Bonchev–Trinajstić information content (AvgIpc) is 3.02. The van der Waals surface area contributed by atoms with Crippen LogP contribution in [0.4, 0.5) is 5.69 Å². The van der Waals surface area contributed by atoms with E-state index >= 15 is 0 Å². The van der Waals surface area contributed by atoms with Gasteiger partial charge in [0.2, 0.25) is 5.91 Å². The monoisotopic (exact) mass is 503 g/mol. The Bertz CT molecular complexity index is 800. The van der Waals surface area contributed by atoms with Crippen LogP contribution in [-0.4, -0.2) is 25.4 Å². The molecule has 0 N–H and O–H groups in total. The number of hydrogen-bond acceptors (Lipinski definition) is 4. The Morgan fingerprint density at radius 3 is 2.69 bits per heavy atom. The van der Waals surface area contributed by atoms with E-state index in [-0.39, 0.29) is 11.3 Å². The van der Waals surface area contributed by atoms with E-state index in [1.807, 2.05) is 23.1 Å². The van der Waals surface area contributed by atoms with E-state index in [0.717, 1.165) is 27.0 Å². The molecule has 1 amide bonds. The van der Waals surface area contributed by atoms with Crippen molar-refractivity contribution in [2.24, 2.45) is 0 Å². The molecule has 26 heavy (non-hydrogen) atoms. The highest BCUT2D eigenvalue weighted by Gasteiger charge is 2.35. The number of ether oxygens (including phenoxy) is 2. The maximum absolute atomic E-state index is 12.5. The van der Waals surface area contributed by atoms with E-state index in [0.29, 0.717) is 23.1 Å². The molecule has 0 saturated carbocycles. The van der Waals surface area contributed by atoms with Crippen LogP contribution in [0.2, 0.25) is 5.02 Å². The normalized spacial score (nSPS) is 16.8. The van der Waals surface area contributed by atoms with Gasteiger partial charge in [-0.1, -0.05) is 18.5 Å². The number of benzene rings is 2. The minimum atomic E-state index is -0.105. The second kappa shape index (κ2) is 8.71. The first kappa shape index (κ1) is 19.6. The number of thioether (sulfide) groups is 1. The van der Waals surface area contributed by atoms with Crippen molar-refractivity contribution in [2.75, 3.05) is 24.4 Å². The topological polar surface area (TPSA) is 38.8 Å². The van der Waals surface area contributed by atoms with Crippen LogP contribution in [0.5, 0.6) is 11.5 Å². The van der Waals surface area contributed by atoms with Crippen molar-refractivity contribution < 1.29 is 14.3 Å². The van der Waals surface area contributed by atoms with Crippen LogP contribution in [0.1, 0.15) is 24.3 Å². The molecule has 1 atom stereocenters. The molecular formula is C19H19ClINO3S. The predicted octanol–water partition coefficient (Wildman–Crippen LogP) is 5.52. The summed E-state index contributed by atoms with van der Waals surface area (Å²) in [6.07, 6.45) is 0.929. The van der Waals surface area contributed by atoms with Crippen molar-refractivity contribution in [3.05, 3.63) is 50.6 Å². The number of anilines is 1. The van der Waals surface area contributed by atoms with E-state index in [1.54, 1.807) is 31.0 Å². The number of hydrogen-bond donors (Lipinski definition) is 0. The minimum Gasteiger partial charge on any atom is -0.493 e. The van der Waals surface area contributed by atoms with Crippen LogP contribution in [0, 0.1) is 3.57 Å². The molecular weight excluding hydrogens is 485 g/mol. The standard InChI is InChI=1S/C19H19ClINO3S/c1-3-8-25-18-15(21)9-12(10-16(18)24-2)19-22(17(23)11-26-19)14-6-4-13(20)5-7-14/h4-7,9-10,19H,3,8,11H2,1-2H3/t19-/m1/s1. The van der Waals surface area contributed by atoms with Gasteiger partial charge in [0.25, 0.3) is 0 Å². The first-order valence-corrected chi connectivity index (χ1v) is 10.7. The lowest BCUT2D eigenvalue weighted by molar-refractivity contribution is -0.115. The number of carbonyl (C=O) groups is 1. The molecule has 1 fully saturated rings. The fraction of sp³-hybridized carbons (Fsp3) is 0.316. The quantitative estimate of drug-likeness (QED) is 0.487. The number of carbonyl (C=O) groups excluding carboxylic acids is 1. The molecule has 2 aromatic carbocycles. The van der Waals surface area contributed by atoms with Crippen LogP contribution in [0.3, 0.4) is 0 Å². The Kier molecular flexibility index (Phi) is 6.58. The number of rotatable bonds is 6. The molecule has 1 aliphatic heterocycles. The Balaban J connectivity index is 1.97. The molecule has 3 rings (SSSR count). The molecule has 0 unspecified atom stereocenters. The van der Waals surface area contributed by atoms with Crippen molar-refractivity contribution in [3.8, 4) is 11.5 Å². The molecule has 0 bridgehead atoms. The summed E-state index contributed by atoms with van der Waals surface area (Å²) in [4.78, 5) is 14.3. The highest BCUT2D eigenvalue weighted by molar-refractivity contribution is 14.1. The van der Waals surface area contributed by atoms with Gasteiger partial charge in [-0.15, -0.1) is 11.8 Å². The van der Waals surface area contributed by atoms with Crippen LogP contribution < -0.4 is 14.4 Å². The summed E-state index contributed by atoms with van der Waals surface area (Å²) in [6.45, 7) is 2.71. The van der Waals surface area contributed by atoms with Crippen molar-refractivity contribution in [1.29, 1.82) is 0 Å². The van der Waals surface area contributed by atoms with Gasteiger partial charge in [0.1, 0.15) is 5.37 Å². The zero-order valence-corrected chi connectivity index (χ0v) is 18.2. The summed E-state index contributed by atoms with van der Waals surface area (Å²) >= 11 is 9.85. The van der Waals surface area contributed by atoms with Gasteiger partial charge in [-0.3, -0.25) is 9.69 Å². The third-order valence-electron chi connectivity index (χ3n) is 3.96. The number of amides is 1. The van der Waals surface area contributed by atoms with E-state index in [1.165, 1.54) is 0 Å². The van der Waals surface area contributed by atoms with Gasteiger partial charge < -0.3 is 9.47 Å². The highest BCUT2D eigenvalue weighted by atomic mass is 127. The van der Waals surface area contributed by atoms with Gasteiger partial charge in [-0.25, -0.2) is 0 Å². The lowest BCUT2D eigenvalue weighted by Crippen LogP contribution is -2.27. The molecule has 1 aliphatic rings. The van der Waals surface area contributed by atoms with Gasteiger partial charge in [-0.2, -0.15) is 0 Å². The van der Waals surface area contributed by atoms with Crippen molar-refractivity contribution in [3.63, 3.8) is 0 Å². The summed E-state index contributed by atoms with van der Waals surface area (Å²) in [7, 11) is 1.64. The third-order valence-corrected chi connectivity index (χ3v) is 6.23. The Hall–Kier alpha value is -1.12. The summed E-state index contributed by atoms with van der Waals surface area (Å²) in [5.74, 6) is 1.98. The number of nitrogens with zero attached hydrogens (tertiary/aromatic N) is 1. The summed E-state index contributed by atoms with van der Waals surface area (Å²) < 4.78 is 12.4. The fourth-order valence-electron chi connectivity index (χ4n) is 2.78. The van der Waals surface area contributed by atoms with Crippen LogP contribution >= 0.6 is 46.0 Å². The van der Waals surface area contributed by atoms with Crippen molar-refractivity contribution in [2.45, 2.75) is 18.7 Å². The predicted molar refractivity (Wildman–Crippen MR) is 116 cm³/mol. The Morgan fingerprint density at radius 2 is 2.04 bits per heavy atom. The van der Waals surface area contributed by atoms with Gasteiger partial charge in [-0.05, 0) is 71.0 Å².